The number of aliphatic hydroxyl groups is 1. The maximum atomic E-state index is 12.5. The van der Waals surface area contributed by atoms with Crippen molar-refractivity contribution in [3.8, 4) is 0 Å². The van der Waals surface area contributed by atoms with Gasteiger partial charge in [0.05, 0.1) is 17.3 Å². The molecule has 6 nitrogen and oxygen atoms in total. The highest BCUT2D eigenvalue weighted by Crippen LogP contribution is 2.33. The van der Waals surface area contributed by atoms with Crippen LogP contribution in [0.4, 0.5) is 10.6 Å². The Hall–Kier alpha value is -1.56. The van der Waals surface area contributed by atoms with Gasteiger partial charge in [0.1, 0.15) is 5.82 Å². The maximum Gasteiger partial charge on any atom is 0.322 e. The van der Waals surface area contributed by atoms with E-state index in [0.29, 0.717) is 18.3 Å². The second kappa shape index (κ2) is 6.39. The summed E-state index contributed by atoms with van der Waals surface area (Å²) in [5.74, 6) is 1.04. The van der Waals surface area contributed by atoms with Gasteiger partial charge >= 0.3 is 6.03 Å². The normalized spacial score (nSPS) is 16.8. The molecular formula is C18H32N4O2. The molecule has 2 N–H and O–H groups in total. The van der Waals surface area contributed by atoms with Crippen molar-refractivity contribution in [1.29, 1.82) is 0 Å². The Bertz CT molecular complexity index is 591. The minimum absolute atomic E-state index is 0.0932. The molecule has 0 bridgehead atoms. The van der Waals surface area contributed by atoms with Crippen molar-refractivity contribution in [1.82, 2.24) is 14.7 Å². The number of nitrogens with zero attached hydrogens (tertiary/aromatic N) is 3. The fourth-order valence-electron chi connectivity index (χ4n) is 2.55. The number of rotatable bonds is 4. The lowest BCUT2D eigenvalue weighted by Crippen LogP contribution is -2.39. The first-order valence-corrected chi connectivity index (χ1v) is 8.71. The van der Waals surface area contributed by atoms with Crippen LogP contribution >= 0.6 is 0 Å². The van der Waals surface area contributed by atoms with Crippen molar-refractivity contribution in [3.63, 3.8) is 0 Å². The first kappa shape index (κ1) is 18.8. The van der Waals surface area contributed by atoms with Crippen molar-refractivity contribution >= 4 is 11.8 Å². The molecule has 24 heavy (non-hydrogen) atoms. The zero-order valence-corrected chi connectivity index (χ0v) is 16.1. The second-order valence-electron chi connectivity index (χ2n) is 8.96. The number of carbonyl (C=O) groups excluding carboxylic acids is 1. The summed E-state index contributed by atoms with van der Waals surface area (Å²) in [5.41, 5.74) is 0.607. The van der Waals surface area contributed by atoms with E-state index in [1.54, 1.807) is 11.9 Å². The van der Waals surface area contributed by atoms with Crippen LogP contribution in [0.3, 0.4) is 0 Å². The van der Waals surface area contributed by atoms with Gasteiger partial charge in [0.25, 0.3) is 0 Å². The molecule has 1 saturated carbocycles. The Balaban J connectivity index is 2.14. The molecule has 1 heterocycles. The largest absolute Gasteiger partial charge is 0.391 e. The number of carbonyl (C=O) groups is 1. The molecule has 0 aromatic carbocycles. The molecule has 1 aliphatic carbocycles. The number of hydrogen-bond donors (Lipinski definition) is 2. The molecule has 2 rings (SSSR count). The highest BCUT2D eigenvalue weighted by molar-refractivity contribution is 5.88. The quantitative estimate of drug-likeness (QED) is 0.887. The molecule has 1 aliphatic rings. The average Bonchev–Trinajstić information content (AvgIpc) is 3.16. The summed E-state index contributed by atoms with van der Waals surface area (Å²) in [6.45, 7) is 12.8. The first-order valence-electron chi connectivity index (χ1n) is 8.71. The standard InChI is InChI=1S/C18H32N4O2/c1-17(2,3)14-10-15(22(20-14)18(4,5)6)19-16(24)21(7)11-13(23)12-8-9-12/h10,12-13,23H,8-9,11H2,1-7H3,(H,19,24). The molecule has 136 valence electrons. The average molecular weight is 336 g/mol. The Kier molecular flexibility index (Phi) is 5.00. The predicted octanol–water partition coefficient (Wildman–Crippen LogP) is 3.17. The van der Waals surface area contributed by atoms with E-state index in [2.05, 4.69) is 46.9 Å². The number of urea groups is 1. The third kappa shape index (κ3) is 4.50. The lowest BCUT2D eigenvalue weighted by Gasteiger charge is -2.25. The van der Waals surface area contributed by atoms with Gasteiger partial charge in [-0.2, -0.15) is 5.10 Å². The van der Waals surface area contributed by atoms with E-state index >= 15 is 0 Å². The number of amides is 2. The van der Waals surface area contributed by atoms with E-state index in [0.717, 1.165) is 18.5 Å². The van der Waals surface area contributed by atoms with Gasteiger partial charge in [0.2, 0.25) is 0 Å². The summed E-state index contributed by atoms with van der Waals surface area (Å²) in [6, 6.07) is 1.72. The Morgan fingerprint density at radius 2 is 1.96 bits per heavy atom. The first-order chi connectivity index (χ1) is 10.9. The lowest BCUT2D eigenvalue weighted by molar-refractivity contribution is 0.117. The van der Waals surface area contributed by atoms with Gasteiger partial charge in [-0.05, 0) is 39.5 Å². The topological polar surface area (TPSA) is 70.4 Å². The van der Waals surface area contributed by atoms with Crippen LogP contribution in [0, 0.1) is 5.92 Å². The van der Waals surface area contributed by atoms with Crippen LogP contribution in [0.2, 0.25) is 0 Å². The molecule has 0 spiro atoms. The van der Waals surface area contributed by atoms with Crippen molar-refractivity contribution in [2.45, 2.75) is 71.4 Å². The number of likely N-dealkylation sites (N-methyl/N-ethyl adjacent to an activating group) is 1. The predicted molar refractivity (Wildman–Crippen MR) is 96.3 cm³/mol. The summed E-state index contributed by atoms with van der Waals surface area (Å²) < 4.78 is 1.86. The lowest BCUT2D eigenvalue weighted by atomic mass is 9.92. The Morgan fingerprint density at radius 3 is 2.42 bits per heavy atom. The monoisotopic (exact) mass is 336 g/mol. The third-order valence-electron chi connectivity index (χ3n) is 4.32. The molecule has 0 aliphatic heterocycles. The number of aromatic nitrogens is 2. The van der Waals surface area contributed by atoms with Gasteiger partial charge in [0, 0.05) is 25.1 Å². The second-order valence-corrected chi connectivity index (χ2v) is 8.96. The van der Waals surface area contributed by atoms with E-state index in [-0.39, 0.29) is 17.0 Å². The fourth-order valence-corrected chi connectivity index (χ4v) is 2.55. The van der Waals surface area contributed by atoms with E-state index in [1.807, 2.05) is 10.7 Å². The molecule has 0 saturated heterocycles. The number of anilines is 1. The summed E-state index contributed by atoms with van der Waals surface area (Å²) in [7, 11) is 1.71. The van der Waals surface area contributed by atoms with Crippen LogP contribution in [0.5, 0.6) is 0 Å². The minimum Gasteiger partial charge on any atom is -0.391 e. The van der Waals surface area contributed by atoms with Crippen molar-refractivity contribution in [2.24, 2.45) is 5.92 Å². The van der Waals surface area contributed by atoms with E-state index < -0.39 is 6.10 Å². The summed E-state index contributed by atoms with van der Waals surface area (Å²) in [6.07, 6.45) is 1.68. The van der Waals surface area contributed by atoms with E-state index in [1.165, 1.54) is 0 Å². The van der Waals surface area contributed by atoms with Gasteiger partial charge in [-0.15, -0.1) is 0 Å². The van der Waals surface area contributed by atoms with Crippen LogP contribution < -0.4 is 5.32 Å². The molecule has 2 amide bonds. The van der Waals surface area contributed by atoms with Crippen LogP contribution in [0.1, 0.15) is 60.1 Å². The summed E-state index contributed by atoms with van der Waals surface area (Å²) in [4.78, 5) is 14.0. The number of nitrogens with one attached hydrogen (secondary N) is 1. The van der Waals surface area contributed by atoms with Gasteiger partial charge in [-0.25, -0.2) is 9.48 Å². The van der Waals surface area contributed by atoms with Crippen LogP contribution in [0.15, 0.2) is 6.07 Å². The van der Waals surface area contributed by atoms with Crippen molar-refractivity contribution in [2.75, 3.05) is 18.9 Å². The molecule has 1 aromatic rings. The van der Waals surface area contributed by atoms with Crippen LogP contribution in [-0.2, 0) is 11.0 Å². The number of aliphatic hydroxyl groups excluding tert-OH is 1. The maximum absolute atomic E-state index is 12.5. The summed E-state index contributed by atoms with van der Waals surface area (Å²) in [5, 5.41) is 17.7. The van der Waals surface area contributed by atoms with Crippen LogP contribution in [0.25, 0.3) is 0 Å². The molecule has 1 atom stereocenters. The van der Waals surface area contributed by atoms with E-state index in [4.69, 9.17) is 5.10 Å². The number of hydrogen-bond acceptors (Lipinski definition) is 3. The molecule has 1 aromatic heterocycles. The highest BCUT2D eigenvalue weighted by atomic mass is 16.3. The van der Waals surface area contributed by atoms with Crippen LogP contribution in [-0.4, -0.2) is 45.5 Å². The van der Waals surface area contributed by atoms with Crippen molar-refractivity contribution in [3.05, 3.63) is 11.8 Å². The van der Waals surface area contributed by atoms with Gasteiger partial charge < -0.3 is 10.0 Å². The zero-order valence-electron chi connectivity index (χ0n) is 16.1. The fraction of sp³-hybridized carbons (Fsp3) is 0.778. The smallest absolute Gasteiger partial charge is 0.322 e. The molecular weight excluding hydrogens is 304 g/mol. The molecule has 0 radical (unpaired) electrons. The molecule has 1 fully saturated rings. The Labute approximate surface area is 145 Å². The van der Waals surface area contributed by atoms with Gasteiger partial charge in [-0.1, -0.05) is 20.8 Å². The van der Waals surface area contributed by atoms with Gasteiger partial charge in [0.15, 0.2) is 0 Å². The highest BCUT2D eigenvalue weighted by Gasteiger charge is 2.32. The van der Waals surface area contributed by atoms with E-state index in [9.17, 15) is 9.90 Å². The Morgan fingerprint density at radius 1 is 1.38 bits per heavy atom. The third-order valence-corrected chi connectivity index (χ3v) is 4.32. The van der Waals surface area contributed by atoms with Crippen molar-refractivity contribution < 1.29 is 9.90 Å². The SMILES string of the molecule is CN(CC(O)C1CC1)C(=O)Nc1cc(C(C)(C)C)nn1C(C)(C)C. The minimum atomic E-state index is -0.432. The molecule has 1 unspecified atom stereocenters. The zero-order chi connectivity index (χ0) is 18.3. The summed E-state index contributed by atoms with van der Waals surface area (Å²) >= 11 is 0. The molecule has 6 heteroatoms. The van der Waals surface area contributed by atoms with Gasteiger partial charge in [-0.3, -0.25) is 5.32 Å².